The number of nitrogens with two attached hydrogens (primary N) is 7. The Balaban J connectivity index is 3.36. The Hall–Kier alpha value is -13.0. The van der Waals surface area contributed by atoms with E-state index in [1.165, 1.54) is 24.3 Å². The predicted octanol–water partition coefficient (Wildman–Crippen LogP) is -16.0. The van der Waals surface area contributed by atoms with Crippen molar-refractivity contribution < 1.29 is 137 Å². The van der Waals surface area contributed by atoms with Crippen LogP contribution in [0.4, 0.5) is 0 Å². The third-order valence-corrected chi connectivity index (χ3v) is 21.4. The second-order valence-corrected chi connectivity index (χ2v) is 33.4. The highest BCUT2D eigenvalue weighted by molar-refractivity contribution is 6.01. The molecule has 1 aromatic rings. The number of carboxylic acids is 1. The molecule has 0 aliphatic heterocycles. The first kappa shape index (κ1) is 126. The smallest absolute Gasteiger partial charge is 0.326 e. The summed E-state index contributed by atoms with van der Waals surface area (Å²) in [5.41, 5.74) is 39.5. The van der Waals surface area contributed by atoms with Crippen LogP contribution in [-0.2, 0) is 97.5 Å². The van der Waals surface area contributed by atoms with Crippen LogP contribution in [-0.4, -0.2) is 372 Å². The van der Waals surface area contributed by atoms with Gasteiger partial charge in [0, 0.05) is 19.5 Å². The Morgan fingerprint density at radius 1 is 0.312 bits per heavy atom. The fourth-order valence-electron chi connectivity index (χ4n) is 13.2. The lowest BCUT2D eigenvalue weighted by atomic mass is 9.96. The quantitative estimate of drug-likeness (QED) is 0.0164. The number of carbonyl (C=O) groups is 19. The molecule has 1 aromatic carbocycles. The van der Waals surface area contributed by atoms with Crippen molar-refractivity contribution in [3.05, 3.63) is 29.8 Å². The summed E-state index contributed by atoms with van der Waals surface area (Å²) in [5.74, 6) is -22.8. The largest absolute Gasteiger partial charge is 0.508 e. The number of hydrogen-bond donors (Lipinski definition) is 38. The van der Waals surface area contributed by atoms with Gasteiger partial charge in [-0.05, 0) is 165 Å². The number of rotatable bonds is 74. The molecule has 0 aliphatic carbocycles. The molecule has 57 nitrogen and oxygen atoms in total. The lowest BCUT2D eigenvalue weighted by Crippen LogP contribution is -2.60. The monoisotopic (exact) mass is 2010 g/mol. The predicted molar refractivity (Wildman–Crippen MR) is 504 cm³/mol. The van der Waals surface area contributed by atoms with E-state index in [4.69, 9.17) is 51.0 Å². The van der Waals surface area contributed by atoms with Crippen LogP contribution in [0.3, 0.4) is 0 Å². The average molecular weight is 2010 g/mol. The van der Waals surface area contributed by atoms with Gasteiger partial charge in [-0.1, -0.05) is 46.2 Å². The van der Waals surface area contributed by atoms with Gasteiger partial charge >= 0.3 is 5.97 Å². The molecule has 0 heterocycles. The third kappa shape index (κ3) is 50.6. The number of unbranched alkanes of at least 4 members (excludes halogenated alkanes) is 4. The third-order valence-electron chi connectivity index (χ3n) is 21.4. The van der Waals surface area contributed by atoms with Gasteiger partial charge in [-0.2, -0.15) is 0 Å². The number of benzene rings is 1. The number of phenols is 1. The number of nitrogens with one attached hydrogen (secondary N) is 22. The Kier molecular flexibility index (Phi) is 63.1. The molecule has 18 amide bonds. The van der Waals surface area contributed by atoms with E-state index in [0.717, 1.165) is 0 Å². The van der Waals surface area contributed by atoms with Gasteiger partial charge in [-0.15, -0.1) is 0 Å². The van der Waals surface area contributed by atoms with Crippen molar-refractivity contribution in [3.8, 4) is 5.75 Å². The first-order valence-electron chi connectivity index (χ1n) is 46.2. The Bertz CT molecular complexity index is 4190. The van der Waals surface area contributed by atoms with E-state index in [1.54, 1.807) is 27.7 Å². The zero-order chi connectivity index (χ0) is 106. The minimum absolute atomic E-state index is 0.00965. The van der Waals surface area contributed by atoms with Crippen molar-refractivity contribution in [1.82, 2.24) is 106 Å². The molecule has 17 atom stereocenters. The summed E-state index contributed by atoms with van der Waals surface area (Å²) >= 11 is 0. The van der Waals surface area contributed by atoms with Gasteiger partial charge in [-0.3, -0.25) is 97.1 Å². The molecule has 0 unspecified atom stereocenters. The molecule has 0 saturated heterocycles. The molecule has 0 spiro atoms. The fourth-order valence-corrected chi connectivity index (χ4v) is 13.2. The minimum atomic E-state index is -1.94. The summed E-state index contributed by atoms with van der Waals surface area (Å²) < 4.78 is 0. The van der Waals surface area contributed by atoms with Gasteiger partial charge in [0.15, 0.2) is 11.9 Å². The highest BCUT2D eigenvalue weighted by Gasteiger charge is 2.39. The maximum atomic E-state index is 14.5. The summed E-state index contributed by atoms with van der Waals surface area (Å²) in [6.07, 6.45) is 1.19. The lowest BCUT2D eigenvalue weighted by molar-refractivity contribution is -0.143. The number of aliphatic hydroxyl groups excluding tert-OH is 7. The zero-order valence-electron chi connectivity index (χ0n) is 79.8. The molecule has 0 fully saturated rings. The number of carboxylic acid groups (broad SMARTS) is 1. The van der Waals surface area contributed by atoms with Gasteiger partial charge < -0.3 is 192 Å². The van der Waals surface area contributed by atoms with Crippen LogP contribution >= 0.6 is 0 Å². The molecule has 57 heteroatoms. The number of aliphatic hydroxyl groups is 7. The summed E-state index contributed by atoms with van der Waals surface area (Å²) in [6, 6.07) is -20.9. The number of aromatic hydroxyl groups is 1. The second kappa shape index (κ2) is 70.6. The van der Waals surface area contributed by atoms with Crippen LogP contribution in [0.1, 0.15) is 149 Å². The van der Waals surface area contributed by atoms with Crippen LogP contribution < -0.4 is 146 Å². The van der Waals surface area contributed by atoms with Crippen LogP contribution in [0.15, 0.2) is 24.3 Å². The molecule has 0 aliphatic rings. The molecule has 0 aromatic heterocycles. The van der Waals surface area contributed by atoms with E-state index < -0.39 is 299 Å². The number of aliphatic carboxylic acids is 1. The van der Waals surface area contributed by atoms with Gasteiger partial charge in [-0.25, -0.2) is 4.79 Å². The average Bonchev–Trinajstić information content (AvgIpc) is 0.573. The highest BCUT2D eigenvalue weighted by atomic mass is 16.4. The van der Waals surface area contributed by atoms with Crippen molar-refractivity contribution >= 4 is 124 Å². The number of phenolic OH excluding ortho intramolecular Hbond substituents is 1. The Morgan fingerprint density at radius 2 is 0.567 bits per heavy atom. The molecular formula is C84H149N29O28. The molecular weight excluding hydrogens is 1860 g/mol. The van der Waals surface area contributed by atoms with Gasteiger partial charge in [0.25, 0.3) is 0 Å². The van der Waals surface area contributed by atoms with Crippen molar-refractivity contribution in [2.24, 2.45) is 52.0 Å². The Labute approximate surface area is 814 Å². The van der Waals surface area contributed by atoms with Crippen molar-refractivity contribution in [2.75, 3.05) is 105 Å². The van der Waals surface area contributed by atoms with E-state index in [0.29, 0.717) is 25.7 Å². The molecule has 141 heavy (non-hydrogen) atoms. The van der Waals surface area contributed by atoms with Gasteiger partial charge in [0.2, 0.25) is 106 Å². The summed E-state index contributed by atoms with van der Waals surface area (Å²) in [6.45, 7) is -3.09. The number of hydrogen-bond acceptors (Lipinski definition) is 34. The summed E-state index contributed by atoms with van der Waals surface area (Å²) in [7, 11) is 0. The first-order chi connectivity index (χ1) is 66.9. The zero-order valence-corrected chi connectivity index (χ0v) is 79.8. The second-order valence-electron chi connectivity index (χ2n) is 33.4. The molecule has 0 radical (unpaired) electrons. The molecule has 0 bridgehead atoms. The SMILES string of the molecule is CC[C@H](C)[C@H](NC(=O)[C@H](CCCNC(=N)N)NC(=O)[C@H](CCCNC(=N)N)NC(=O)[C@H](CCCCN)NC(=O)[C@H](CO)NC(=O)CNC(=O)[C@H](CCCCN)NC(=O)[C@H](CO)NC(=O)CNC(=O)[C@H](CO)NC(=O)[C@H](Cc1ccc(O)cc1)NC(=O)[C@H](CO)NC(=O)CNC(=O)[C@H](CO)NC(=O)[C@H](CCCCN)NC(=O)[C@H](CCCCN)NC(=O)[C@H](CO)NC(=O)[C@@H](N)CO)C(=O)N[C@@H](CC(C)C)C(=O)O. The molecule has 0 saturated carbocycles. The number of carbonyl (C=O) groups excluding carboxylic acids is 18. The van der Waals surface area contributed by atoms with Crippen molar-refractivity contribution in [1.29, 1.82) is 10.8 Å². The number of amides is 18. The van der Waals surface area contributed by atoms with Crippen LogP contribution in [0, 0.1) is 22.7 Å². The van der Waals surface area contributed by atoms with Crippen LogP contribution in [0.25, 0.3) is 0 Å². The summed E-state index contributed by atoms with van der Waals surface area (Å²) in [5, 5.41) is 153. The maximum Gasteiger partial charge on any atom is 0.326 e. The fraction of sp³-hybridized carbons (Fsp3) is 0.679. The van der Waals surface area contributed by atoms with Gasteiger partial charge in [0.1, 0.15) is 102 Å². The number of guanidine groups is 2. The van der Waals surface area contributed by atoms with E-state index in [-0.39, 0.29) is 146 Å². The summed E-state index contributed by atoms with van der Waals surface area (Å²) in [4.78, 5) is 259. The van der Waals surface area contributed by atoms with Crippen LogP contribution in [0.2, 0.25) is 0 Å². The first-order valence-corrected chi connectivity index (χ1v) is 46.2. The molecule has 798 valence electrons. The minimum Gasteiger partial charge on any atom is -0.508 e. The normalized spacial score (nSPS) is 14.7. The van der Waals surface area contributed by atoms with Crippen LogP contribution in [0.5, 0.6) is 5.75 Å². The standard InChI is InChI=1S/C84H149N29O28/c1-5-45(4)66(81(139)109-56(82(140)141)32-44(2)3)113-75(133)54(21-15-31-95-84(92)93)105-73(131)53(20-14-30-94-83(90)91)104-72(130)50(17-7-11-27-86)106-78(136)60(41-118)100-63(122)34-96-68(126)49(16-6-10-26-85)102-77(135)59(40-117)99-64(123)35-98-70(128)58(39-116)112-76(134)55(33-46-22-24-47(121)25-23-46)108-79(137)61(42-119)101-65(124)36-97-69(127)57(38-115)111-74(132)52(19-9-13-29-88)103-71(129)51(18-8-12-28-87)107-80(138)62(43-120)110-67(125)48(89)37-114/h22-25,44-45,48-62,66,114-121H,5-21,26-43,85-89H2,1-4H3,(H,96,126)(H,97,127)(H,98,128)(H,99,123)(H,100,122)(H,101,124)(H,102,135)(H,103,129)(H,104,130)(H,105,131)(H,106,136)(H,107,138)(H,108,137)(H,109,139)(H,110,125)(H,111,132)(H,112,134)(H,113,133)(H,140,141)(H4,90,91,94)(H4,92,93,95)/t45-,48-,49-,50-,51-,52-,53-,54-,55-,56-,57-,58-,59-,60-,61-,62-,66-/m0/s1. The molecule has 1 rings (SSSR count). The topological polar surface area (TPSA) is 977 Å². The molecule has 45 N–H and O–H groups in total. The Morgan fingerprint density at radius 3 is 0.858 bits per heavy atom. The van der Waals surface area contributed by atoms with E-state index >= 15 is 0 Å². The van der Waals surface area contributed by atoms with Crippen molar-refractivity contribution in [3.63, 3.8) is 0 Å². The van der Waals surface area contributed by atoms with E-state index in [9.17, 15) is 137 Å². The lowest BCUT2D eigenvalue weighted by Gasteiger charge is -2.29. The highest BCUT2D eigenvalue weighted by Crippen LogP contribution is 2.17. The maximum absolute atomic E-state index is 14.5. The van der Waals surface area contributed by atoms with Gasteiger partial charge in [0.05, 0.1) is 65.9 Å². The van der Waals surface area contributed by atoms with E-state index in [1.807, 2.05) is 0 Å². The van der Waals surface area contributed by atoms with Crippen molar-refractivity contribution in [2.45, 2.75) is 246 Å². The van der Waals surface area contributed by atoms with E-state index in [2.05, 4.69) is 106 Å².